The first-order chi connectivity index (χ1) is 13.6. The van der Waals surface area contributed by atoms with E-state index < -0.39 is 0 Å². The lowest BCUT2D eigenvalue weighted by Gasteiger charge is -2.36. The monoisotopic (exact) mass is 380 g/mol. The fraction of sp³-hybridized carbons (Fsp3) is 0.591. The normalized spacial score (nSPS) is 24.9. The van der Waals surface area contributed by atoms with Crippen molar-refractivity contribution < 1.29 is 9.53 Å². The fourth-order valence-electron chi connectivity index (χ4n) is 5.28. The molecule has 0 radical (unpaired) electrons. The zero-order valence-electron chi connectivity index (χ0n) is 16.7. The van der Waals surface area contributed by atoms with Crippen molar-refractivity contribution in [1.82, 2.24) is 14.9 Å². The largest absolute Gasteiger partial charge is 0.497 e. The summed E-state index contributed by atoms with van der Waals surface area (Å²) >= 11 is 0. The van der Waals surface area contributed by atoms with Crippen LogP contribution >= 0.6 is 0 Å². The number of carbonyl (C=O) groups is 1. The van der Waals surface area contributed by atoms with Gasteiger partial charge in [0.25, 0.3) is 0 Å². The van der Waals surface area contributed by atoms with Crippen LogP contribution in [0.15, 0.2) is 18.2 Å². The van der Waals surface area contributed by atoms with Gasteiger partial charge in [-0.3, -0.25) is 4.79 Å². The Hall–Kier alpha value is -2.37. The Balaban J connectivity index is 1.29. The lowest BCUT2D eigenvalue weighted by atomic mass is 9.94. The number of rotatable bonds is 3. The minimum Gasteiger partial charge on any atom is -0.497 e. The van der Waals surface area contributed by atoms with Crippen molar-refractivity contribution in [1.29, 1.82) is 0 Å². The van der Waals surface area contributed by atoms with Crippen molar-refractivity contribution in [3.05, 3.63) is 23.9 Å². The van der Waals surface area contributed by atoms with Crippen LogP contribution in [-0.2, 0) is 4.79 Å². The van der Waals surface area contributed by atoms with Crippen LogP contribution in [0.25, 0.3) is 10.9 Å². The minimum atomic E-state index is 0.164. The van der Waals surface area contributed by atoms with Crippen molar-refractivity contribution in [3.8, 4) is 5.75 Å². The highest BCUT2D eigenvalue weighted by Crippen LogP contribution is 2.39. The number of hydrogen-bond acceptors (Lipinski definition) is 5. The van der Waals surface area contributed by atoms with Gasteiger partial charge in [0.1, 0.15) is 5.75 Å². The molecule has 0 spiro atoms. The second-order valence-corrected chi connectivity index (χ2v) is 8.58. The molecule has 1 aromatic heterocycles. The topological polar surface area (TPSA) is 58.6 Å². The highest BCUT2D eigenvalue weighted by molar-refractivity contribution is 5.83. The van der Waals surface area contributed by atoms with Gasteiger partial charge >= 0.3 is 0 Å². The third-order valence-corrected chi connectivity index (χ3v) is 6.90. The van der Waals surface area contributed by atoms with E-state index in [9.17, 15) is 4.79 Å². The molecule has 1 amide bonds. The second kappa shape index (κ2) is 6.90. The number of likely N-dealkylation sites (tertiary alicyclic amines) is 1. The van der Waals surface area contributed by atoms with Gasteiger partial charge < -0.3 is 14.5 Å². The third kappa shape index (κ3) is 2.99. The van der Waals surface area contributed by atoms with E-state index in [0.717, 1.165) is 66.7 Å². The van der Waals surface area contributed by atoms with Crippen molar-refractivity contribution in [2.45, 2.75) is 45.1 Å². The van der Waals surface area contributed by atoms with E-state index in [2.05, 4.69) is 9.80 Å². The van der Waals surface area contributed by atoms with Crippen LogP contribution in [0.5, 0.6) is 5.75 Å². The third-order valence-electron chi connectivity index (χ3n) is 6.90. The molecule has 3 aliphatic rings. The lowest BCUT2D eigenvalue weighted by Crippen LogP contribution is -2.45. The number of nitrogens with zero attached hydrogens (tertiary/aromatic N) is 4. The average Bonchev–Trinajstić information content (AvgIpc) is 3.36. The molecule has 1 aliphatic carbocycles. The van der Waals surface area contributed by atoms with E-state index in [0.29, 0.717) is 11.9 Å². The molecule has 2 bridgehead atoms. The first kappa shape index (κ1) is 17.7. The SMILES string of the molecule is COc1ccc2c(C)nc(N3CCC(C(=O)N4C[C@H]5CC[C@@H]4C5)CC3)nc2c1. The molecule has 5 rings (SSSR count). The summed E-state index contributed by atoms with van der Waals surface area (Å²) in [7, 11) is 1.67. The van der Waals surface area contributed by atoms with Crippen LogP contribution in [-0.4, -0.2) is 53.6 Å². The molecule has 148 valence electrons. The van der Waals surface area contributed by atoms with E-state index in [1.807, 2.05) is 25.1 Å². The van der Waals surface area contributed by atoms with Gasteiger partial charge in [-0.15, -0.1) is 0 Å². The Morgan fingerprint density at radius 1 is 1.14 bits per heavy atom. The fourth-order valence-corrected chi connectivity index (χ4v) is 5.28. The van der Waals surface area contributed by atoms with Crippen molar-refractivity contribution in [3.63, 3.8) is 0 Å². The van der Waals surface area contributed by atoms with Gasteiger partial charge in [-0.05, 0) is 57.1 Å². The van der Waals surface area contributed by atoms with Gasteiger partial charge in [-0.1, -0.05) is 0 Å². The molecule has 1 saturated carbocycles. The number of methoxy groups -OCH3 is 1. The number of ether oxygens (including phenoxy) is 1. The Bertz CT molecular complexity index is 907. The van der Waals surface area contributed by atoms with Gasteiger partial charge in [0.2, 0.25) is 11.9 Å². The summed E-state index contributed by atoms with van der Waals surface area (Å²) in [6.07, 6.45) is 5.55. The maximum absolute atomic E-state index is 13.0. The zero-order chi connectivity index (χ0) is 19.3. The summed E-state index contributed by atoms with van der Waals surface area (Å²) < 4.78 is 5.34. The van der Waals surface area contributed by atoms with Gasteiger partial charge in [-0.25, -0.2) is 9.97 Å². The minimum absolute atomic E-state index is 0.164. The molecular formula is C22H28N4O2. The summed E-state index contributed by atoms with van der Waals surface area (Å²) in [6, 6.07) is 6.45. The number of aryl methyl sites for hydroxylation is 1. The first-order valence-corrected chi connectivity index (χ1v) is 10.5. The summed E-state index contributed by atoms with van der Waals surface area (Å²) in [5.41, 5.74) is 1.89. The number of fused-ring (bicyclic) bond motifs is 3. The first-order valence-electron chi connectivity index (χ1n) is 10.5. The molecule has 0 unspecified atom stereocenters. The van der Waals surface area contributed by atoms with Crippen LogP contribution in [0.3, 0.4) is 0 Å². The number of piperidine rings is 2. The second-order valence-electron chi connectivity index (χ2n) is 8.58. The highest BCUT2D eigenvalue weighted by atomic mass is 16.5. The van der Waals surface area contributed by atoms with Gasteiger partial charge in [0, 0.05) is 43.0 Å². The zero-order valence-corrected chi connectivity index (χ0v) is 16.7. The van der Waals surface area contributed by atoms with Crippen molar-refractivity contribution >= 4 is 22.8 Å². The highest BCUT2D eigenvalue weighted by Gasteiger charge is 2.42. The Morgan fingerprint density at radius 3 is 2.64 bits per heavy atom. The molecule has 3 heterocycles. The van der Waals surface area contributed by atoms with Crippen LogP contribution in [0.4, 0.5) is 5.95 Å². The number of amides is 1. The van der Waals surface area contributed by atoms with Crippen LogP contribution in [0.2, 0.25) is 0 Å². The Kier molecular flexibility index (Phi) is 4.37. The van der Waals surface area contributed by atoms with Gasteiger partial charge in [-0.2, -0.15) is 0 Å². The number of aromatic nitrogens is 2. The molecule has 2 atom stereocenters. The summed E-state index contributed by atoms with van der Waals surface area (Å²) in [5.74, 6) is 2.90. The van der Waals surface area contributed by atoms with E-state index in [1.54, 1.807) is 7.11 Å². The summed E-state index contributed by atoms with van der Waals surface area (Å²) in [6.45, 7) is 4.71. The molecule has 1 aromatic carbocycles. The van der Waals surface area contributed by atoms with Gasteiger partial charge in [0.05, 0.1) is 18.3 Å². The number of anilines is 1. The van der Waals surface area contributed by atoms with Crippen LogP contribution in [0, 0.1) is 18.8 Å². The summed E-state index contributed by atoms with van der Waals surface area (Å²) in [4.78, 5) is 26.9. The molecule has 6 heteroatoms. The molecule has 0 N–H and O–H groups in total. The van der Waals surface area contributed by atoms with Crippen LogP contribution < -0.4 is 9.64 Å². The molecule has 28 heavy (non-hydrogen) atoms. The molecule has 3 fully saturated rings. The van der Waals surface area contributed by atoms with Crippen LogP contribution in [0.1, 0.15) is 37.8 Å². The maximum Gasteiger partial charge on any atom is 0.226 e. The van der Waals surface area contributed by atoms with E-state index in [-0.39, 0.29) is 5.92 Å². The predicted molar refractivity (Wildman–Crippen MR) is 109 cm³/mol. The number of carbonyl (C=O) groups excluding carboxylic acids is 1. The van der Waals surface area contributed by atoms with E-state index in [1.165, 1.54) is 19.3 Å². The standard InChI is InChI=1S/C22H28N4O2/c1-14-19-6-5-18(28-2)12-20(19)24-22(23-14)25-9-7-16(8-10-25)21(27)26-13-15-3-4-17(26)11-15/h5-6,12,15-17H,3-4,7-11,13H2,1-2H3/t15-,17+/m0/s1. The van der Waals surface area contributed by atoms with E-state index in [4.69, 9.17) is 14.7 Å². The maximum atomic E-state index is 13.0. The smallest absolute Gasteiger partial charge is 0.226 e. The van der Waals surface area contributed by atoms with Crippen molar-refractivity contribution in [2.75, 3.05) is 31.6 Å². The molecule has 2 aromatic rings. The van der Waals surface area contributed by atoms with Crippen molar-refractivity contribution in [2.24, 2.45) is 11.8 Å². The number of benzene rings is 1. The van der Waals surface area contributed by atoms with Gasteiger partial charge in [0.15, 0.2) is 0 Å². The molecule has 6 nitrogen and oxygen atoms in total. The molecule has 2 aliphatic heterocycles. The Labute approximate surface area is 165 Å². The Morgan fingerprint density at radius 2 is 1.96 bits per heavy atom. The average molecular weight is 380 g/mol. The number of hydrogen-bond donors (Lipinski definition) is 0. The summed E-state index contributed by atoms with van der Waals surface area (Å²) in [5, 5.41) is 1.05. The quantitative estimate of drug-likeness (QED) is 0.819. The molecule has 2 saturated heterocycles. The predicted octanol–water partition coefficient (Wildman–Crippen LogP) is 3.17. The van der Waals surface area contributed by atoms with E-state index >= 15 is 0 Å². The lowest BCUT2D eigenvalue weighted by molar-refractivity contribution is -0.137. The molecular weight excluding hydrogens is 352 g/mol.